The third kappa shape index (κ3) is 2.63. The molecule has 0 atom stereocenters. The van der Waals surface area contributed by atoms with Crippen molar-refractivity contribution in [2.24, 2.45) is 0 Å². The molecule has 0 saturated heterocycles. The zero-order valence-electron chi connectivity index (χ0n) is 10.8. The topological polar surface area (TPSA) is 88.3 Å². The molecule has 0 spiro atoms. The molecule has 0 aliphatic rings. The lowest BCUT2D eigenvalue weighted by Gasteiger charge is -2.25. The quantitative estimate of drug-likeness (QED) is 0.651. The van der Waals surface area contributed by atoms with Crippen LogP contribution in [0, 0.1) is 10.1 Å². The van der Waals surface area contributed by atoms with Crippen molar-refractivity contribution in [3.05, 3.63) is 40.6 Å². The molecule has 0 bridgehead atoms. The number of aromatic nitrogens is 1. The number of non-ortho nitro benzene ring substituents is 1. The van der Waals surface area contributed by atoms with E-state index in [0.717, 1.165) is 0 Å². The molecule has 1 aromatic heterocycles. The van der Waals surface area contributed by atoms with Gasteiger partial charge in [0.05, 0.1) is 17.1 Å². The molecule has 2 N–H and O–H groups in total. The smallest absolute Gasteiger partial charge is 0.295 e. The lowest BCUT2D eigenvalue weighted by Crippen LogP contribution is -2.34. The number of nitro benzene ring substituents is 1. The summed E-state index contributed by atoms with van der Waals surface area (Å²) < 4.78 is 0. The van der Waals surface area contributed by atoms with Gasteiger partial charge in [-0.05, 0) is 19.9 Å². The Morgan fingerprint density at radius 1 is 1.42 bits per heavy atom. The first-order valence-electron chi connectivity index (χ1n) is 5.86. The molecule has 0 aliphatic carbocycles. The number of rotatable bonds is 4. The van der Waals surface area contributed by atoms with Crippen molar-refractivity contribution in [1.82, 2.24) is 4.98 Å². The lowest BCUT2D eigenvalue weighted by atomic mass is 10.1. The Hall–Kier alpha value is -2.21. The molecule has 1 heterocycles. The van der Waals surface area contributed by atoms with E-state index in [0.29, 0.717) is 16.6 Å². The Balaban J connectivity index is 2.58. The molecule has 1 aromatic carbocycles. The predicted octanol–water partition coefficient (Wildman–Crippen LogP) is 2.33. The molecule has 19 heavy (non-hydrogen) atoms. The van der Waals surface area contributed by atoms with Crippen LogP contribution in [0.5, 0.6) is 0 Å². The average molecular weight is 261 g/mol. The number of pyridine rings is 1. The van der Waals surface area contributed by atoms with Crippen LogP contribution in [0.2, 0.25) is 0 Å². The van der Waals surface area contributed by atoms with E-state index in [4.69, 9.17) is 0 Å². The fourth-order valence-electron chi connectivity index (χ4n) is 1.82. The number of aliphatic hydroxyl groups excluding tert-OH is 1. The van der Waals surface area contributed by atoms with Crippen molar-refractivity contribution in [3.8, 4) is 0 Å². The van der Waals surface area contributed by atoms with Crippen LogP contribution in [0.3, 0.4) is 0 Å². The molecule has 0 saturated carbocycles. The minimum Gasteiger partial charge on any atom is -0.394 e. The van der Waals surface area contributed by atoms with E-state index in [2.05, 4.69) is 10.3 Å². The summed E-state index contributed by atoms with van der Waals surface area (Å²) in [4.78, 5) is 14.6. The zero-order chi connectivity index (χ0) is 14.0. The molecule has 0 radical (unpaired) electrons. The van der Waals surface area contributed by atoms with Crippen LogP contribution in [-0.2, 0) is 0 Å². The summed E-state index contributed by atoms with van der Waals surface area (Å²) in [6.07, 6.45) is 1.52. The summed E-state index contributed by atoms with van der Waals surface area (Å²) >= 11 is 0. The van der Waals surface area contributed by atoms with Gasteiger partial charge in [-0.2, -0.15) is 0 Å². The summed E-state index contributed by atoms with van der Waals surface area (Å²) in [5.41, 5.74) is 0.515. The summed E-state index contributed by atoms with van der Waals surface area (Å²) in [5, 5.41) is 24.1. The van der Waals surface area contributed by atoms with Gasteiger partial charge in [0.25, 0.3) is 5.69 Å². The maximum Gasteiger partial charge on any atom is 0.295 e. The van der Waals surface area contributed by atoms with Crippen molar-refractivity contribution in [2.45, 2.75) is 19.4 Å². The Morgan fingerprint density at radius 3 is 2.79 bits per heavy atom. The van der Waals surface area contributed by atoms with Crippen LogP contribution < -0.4 is 5.32 Å². The molecule has 6 heteroatoms. The second-order valence-corrected chi connectivity index (χ2v) is 4.96. The van der Waals surface area contributed by atoms with Gasteiger partial charge < -0.3 is 10.4 Å². The van der Waals surface area contributed by atoms with Crippen molar-refractivity contribution < 1.29 is 10.0 Å². The maximum absolute atomic E-state index is 11.0. The third-order valence-corrected chi connectivity index (χ3v) is 2.81. The van der Waals surface area contributed by atoms with Crippen LogP contribution in [0.15, 0.2) is 30.5 Å². The molecule has 6 nitrogen and oxygen atoms in total. The summed E-state index contributed by atoms with van der Waals surface area (Å²) in [5.74, 6) is 0. The van der Waals surface area contributed by atoms with Crippen LogP contribution >= 0.6 is 0 Å². The van der Waals surface area contributed by atoms with Gasteiger partial charge in [0, 0.05) is 23.3 Å². The first-order valence-corrected chi connectivity index (χ1v) is 5.86. The second kappa shape index (κ2) is 4.81. The number of nitrogens with one attached hydrogen (secondary N) is 1. The molecule has 0 amide bonds. The Kier molecular flexibility index (Phi) is 3.35. The van der Waals surface area contributed by atoms with Crippen LogP contribution in [0.25, 0.3) is 10.9 Å². The van der Waals surface area contributed by atoms with E-state index in [1.807, 2.05) is 13.8 Å². The van der Waals surface area contributed by atoms with Gasteiger partial charge in [-0.15, -0.1) is 0 Å². The molecule has 2 aromatic rings. The number of anilines is 1. The summed E-state index contributed by atoms with van der Waals surface area (Å²) in [6.45, 7) is 3.64. The standard InChI is InChI=1S/C13H15N3O3/c1-13(2,8-17)15-10-6-7-14-12-9(10)4-3-5-11(12)16(18)19/h3-7,17H,8H2,1-2H3,(H,14,15). The van der Waals surface area contributed by atoms with Crippen LogP contribution in [0.4, 0.5) is 11.4 Å². The summed E-state index contributed by atoms with van der Waals surface area (Å²) in [6, 6.07) is 6.56. The van der Waals surface area contributed by atoms with Gasteiger partial charge in [-0.25, -0.2) is 4.98 Å². The third-order valence-electron chi connectivity index (χ3n) is 2.81. The first-order chi connectivity index (χ1) is 8.94. The number of nitrogens with zero attached hydrogens (tertiary/aromatic N) is 2. The van der Waals surface area contributed by atoms with Crippen molar-refractivity contribution >= 4 is 22.3 Å². The minimum atomic E-state index is -0.515. The Labute approximate surface area is 110 Å². The molecular formula is C13H15N3O3. The Morgan fingerprint density at radius 2 is 2.16 bits per heavy atom. The molecule has 0 aliphatic heterocycles. The number of para-hydroxylation sites is 1. The van der Waals surface area contributed by atoms with Crippen LogP contribution in [0.1, 0.15) is 13.8 Å². The second-order valence-electron chi connectivity index (χ2n) is 4.96. The normalized spacial score (nSPS) is 11.5. The molecular weight excluding hydrogens is 246 g/mol. The van der Waals surface area contributed by atoms with Crippen molar-refractivity contribution in [2.75, 3.05) is 11.9 Å². The minimum absolute atomic E-state index is 0.0250. The van der Waals surface area contributed by atoms with Gasteiger partial charge in [0.2, 0.25) is 0 Å². The van der Waals surface area contributed by atoms with Crippen LogP contribution in [-0.4, -0.2) is 27.2 Å². The predicted molar refractivity (Wildman–Crippen MR) is 73.2 cm³/mol. The molecule has 2 rings (SSSR count). The SMILES string of the molecule is CC(C)(CO)Nc1ccnc2c([N+](=O)[O-])cccc12. The highest BCUT2D eigenvalue weighted by molar-refractivity contribution is 5.96. The van der Waals surface area contributed by atoms with Gasteiger partial charge in [-0.1, -0.05) is 12.1 Å². The highest BCUT2D eigenvalue weighted by atomic mass is 16.6. The monoisotopic (exact) mass is 261 g/mol. The number of fused-ring (bicyclic) bond motifs is 1. The molecule has 0 unspecified atom stereocenters. The van der Waals surface area contributed by atoms with Gasteiger partial charge in [0.1, 0.15) is 5.52 Å². The van der Waals surface area contributed by atoms with E-state index in [-0.39, 0.29) is 12.3 Å². The highest BCUT2D eigenvalue weighted by Crippen LogP contribution is 2.29. The first kappa shape index (κ1) is 13.2. The highest BCUT2D eigenvalue weighted by Gasteiger charge is 2.19. The fourth-order valence-corrected chi connectivity index (χ4v) is 1.82. The number of aliphatic hydroxyl groups is 1. The largest absolute Gasteiger partial charge is 0.394 e. The van der Waals surface area contributed by atoms with Gasteiger partial charge in [-0.3, -0.25) is 10.1 Å². The zero-order valence-corrected chi connectivity index (χ0v) is 10.8. The number of nitro groups is 1. The summed E-state index contributed by atoms with van der Waals surface area (Å²) in [7, 11) is 0. The number of hydrogen-bond donors (Lipinski definition) is 2. The van der Waals surface area contributed by atoms with E-state index in [1.54, 1.807) is 18.2 Å². The Bertz CT molecular complexity index is 626. The number of benzene rings is 1. The van der Waals surface area contributed by atoms with Crippen molar-refractivity contribution in [1.29, 1.82) is 0 Å². The molecule has 100 valence electrons. The van der Waals surface area contributed by atoms with E-state index in [1.165, 1.54) is 12.3 Å². The molecule has 0 fully saturated rings. The van der Waals surface area contributed by atoms with Gasteiger partial charge >= 0.3 is 0 Å². The van der Waals surface area contributed by atoms with E-state index < -0.39 is 10.5 Å². The fraction of sp³-hybridized carbons (Fsp3) is 0.308. The van der Waals surface area contributed by atoms with E-state index in [9.17, 15) is 15.2 Å². The van der Waals surface area contributed by atoms with Crippen molar-refractivity contribution in [3.63, 3.8) is 0 Å². The number of hydrogen-bond acceptors (Lipinski definition) is 5. The maximum atomic E-state index is 11.0. The average Bonchev–Trinajstić information content (AvgIpc) is 2.38. The lowest BCUT2D eigenvalue weighted by molar-refractivity contribution is -0.383. The van der Waals surface area contributed by atoms with E-state index >= 15 is 0 Å². The van der Waals surface area contributed by atoms with Gasteiger partial charge in [0.15, 0.2) is 0 Å².